The van der Waals surface area contributed by atoms with Gasteiger partial charge >= 0.3 is 12.1 Å². The van der Waals surface area contributed by atoms with Gasteiger partial charge in [0, 0.05) is 36.1 Å². The fourth-order valence-corrected chi connectivity index (χ4v) is 3.19. The van der Waals surface area contributed by atoms with Crippen LogP contribution in [0, 0.1) is 5.82 Å². The number of likely N-dealkylation sites (N-methyl/N-ethyl adjacent to an activating group) is 1. The number of allylic oxidation sites excluding steroid dienone is 1. The largest absolute Gasteiger partial charge is 0.481 e. The summed E-state index contributed by atoms with van der Waals surface area (Å²) >= 11 is 0. The summed E-state index contributed by atoms with van der Waals surface area (Å²) in [6.07, 6.45) is -5.16. The first-order valence-corrected chi connectivity index (χ1v) is 8.51. The first-order chi connectivity index (χ1) is 13.6. The molecule has 0 saturated carbocycles. The van der Waals surface area contributed by atoms with Crippen molar-refractivity contribution >= 4 is 28.8 Å². The topological polar surface area (TPSA) is 69.6 Å². The Morgan fingerprint density at radius 1 is 1.17 bits per heavy atom. The van der Waals surface area contributed by atoms with Crippen molar-refractivity contribution < 1.29 is 32.3 Å². The Bertz CT molecular complexity index is 1020. The maximum atomic E-state index is 13.9. The molecule has 1 amide bonds. The molecule has 3 rings (SSSR count). The van der Waals surface area contributed by atoms with Crippen LogP contribution < -0.4 is 10.2 Å². The lowest BCUT2D eigenvalue weighted by Crippen LogP contribution is -2.35. The van der Waals surface area contributed by atoms with E-state index in [1.807, 2.05) is 0 Å². The molecule has 9 heteroatoms. The molecule has 0 fully saturated rings. The van der Waals surface area contributed by atoms with Crippen LogP contribution in [0.25, 0.3) is 5.57 Å². The molecule has 0 unspecified atom stereocenters. The minimum absolute atomic E-state index is 0.0982. The van der Waals surface area contributed by atoms with Crippen LogP contribution >= 0.6 is 0 Å². The van der Waals surface area contributed by atoms with Crippen LogP contribution in [0.5, 0.6) is 0 Å². The maximum absolute atomic E-state index is 13.9. The number of fused-ring (bicyclic) bond motifs is 1. The fourth-order valence-electron chi connectivity index (χ4n) is 3.19. The standard InChI is InChI=1S/C20H16F4N2O3/c1-26(13-4-2-3-12(21)9-13)19(29)15-10-25-16-7-11(8-17(27)28)5-6-14(16)18(15)20(22,23)24/h2-7,9,25H,8,10H2,1H3,(H,27,28). The van der Waals surface area contributed by atoms with E-state index in [0.717, 1.165) is 23.1 Å². The van der Waals surface area contributed by atoms with Gasteiger partial charge in [0.1, 0.15) is 5.82 Å². The van der Waals surface area contributed by atoms with Crippen LogP contribution in [-0.2, 0) is 16.0 Å². The molecule has 0 bridgehead atoms. The van der Waals surface area contributed by atoms with Gasteiger partial charge in [-0.25, -0.2) is 4.39 Å². The number of anilines is 2. The lowest BCUT2D eigenvalue weighted by molar-refractivity contribution is -0.136. The highest BCUT2D eigenvalue weighted by molar-refractivity contribution is 6.12. The summed E-state index contributed by atoms with van der Waals surface area (Å²) in [5.41, 5.74) is -1.30. The highest BCUT2D eigenvalue weighted by atomic mass is 19.4. The van der Waals surface area contributed by atoms with Crippen molar-refractivity contribution in [2.45, 2.75) is 12.6 Å². The molecule has 2 aromatic rings. The number of rotatable bonds is 4. The molecule has 0 aromatic heterocycles. The molecule has 1 aliphatic rings. The number of carboxylic acid groups (broad SMARTS) is 1. The molecule has 152 valence electrons. The number of carbonyl (C=O) groups excluding carboxylic acids is 1. The number of hydrogen-bond donors (Lipinski definition) is 2. The first kappa shape index (κ1) is 20.4. The number of halogens is 4. The normalized spacial score (nSPS) is 13.6. The Balaban J connectivity index is 2.07. The molecule has 0 saturated heterocycles. The van der Waals surface area contributed by atoms with Crippen LogP contribution in [0.15, 0.2) is 48.0 Å². The summed E-state index contributed by atoms with van der Waals surface area (Å²) in [6, 6.07) is 8.74. The number of carbonyl (C=O) groups is 2. The van der Waals surface area contributed by atoms with Gasteiger partial charge in [0.2, 0.25) is 0 Å². The van der Waals surface area contributed by atoms with E-state index in [1.165, 1.54) is 31.3 Å². The van der Waals surface area contributed by atoms with E-state index in [4.69, 9.17) is 5.11 Å². The molecule has 0 spiro atoms. The summed E-state index contributed by atoms with van der Waals surface area (Å²) < 4.78 is 55.0. The Morgan fingerprint density at radius 2 is 1.90 bits per heavy atom. The molecule has 0 atom stereocenters. The Morgan fingerprint density at radius 3 is 2.52 bits per heavy atom. The van der Waals surface area contributed by atoms with Gasteiger partial charge in [0.05, 0.1) is 12.0 Å². The molecule has 29 heavy (non-hydrogen) atoms. The highest BCUT2D eigenvalue weighted by Crippen LogP contribution is 2.43. The number of benzene rings is 2. The summed E-state index contributed by atoms with van der Waals surface area (Å²) in [4.78, 5) is 24.6. The SMILES string of the molecule is CN(C(=O)C1=C(C(F)(F)F)c2ccc(CC(=O)O)cc2NC1)c1cccc(F)c1. The minimum Gasteiger partial charge on any atom is -0.481 e. The molecular formula is C20H16F4N2O3. The van der Waals surface area contributed by atoms with Crippen LogP contribution in [0.1, 0.15) is 11.1 Å². The quantitative estimate of drug-likeness (QED) is 0.754. The summed E-state index contributed by atoms with van der Waals surface area (Å²) in [6.45, 7) is -0.406. The lowest BCUT2D eigenvalue weighted by Gasteiger charge is -2.28. The number of alkyl halides is 3. The van der Waals surface area contributed by atoms with E-state index < -0.39 is 41.6 Å². The number of amides is 1. The van der Waals surface area contributed by atoms with Gasteiger partial charge in [-0.15, -0.1) is 0 Å². The number of aliphatic carboxylic acids is 1. The van der Waals surface area contributed by atoms with Gasteiger partial charge in [-0.05, 0) is 29.8 Å². The molecule has 1 heterocycles. The van der Waals surface area contributed by atoms with E-state index in [2.05, 4.69) is 5.32 Å². The van der Waals surface area contributed by atoms with Gasteiger partial charge in [0.15, 0.2) is 0 Å². The first-order valence-electron chi connectivity index (χ1n) is 8.51. The summed E-state index contributed by atoms with van der Waals surface area (Å²) in [5.74, 6) is -2.65. The molecule has 5 nitrogen and oxygen atoms in total. The Kier molecular flexibility index (Phi) is 5.32. The third-order valence-electron chi connectivity index (χ3n) is 4.51. The second-order valence-corrected chi connectivity index (χ2v) is 6.50. The third-order valence-corrected chi connectivity index (χ3v) is 4.51. The van der Waals surface area contributed by atoms with Crippen molar-refractivity contribution in [2.24, 2.45) is 0 Å². The summed E-state index contributed by atoms with van der Waals surface area (Å²) in [5, 5.41) is 11.6. The molecule has 2 N–H and O–H groups in total. The predicted octanol–water partition coefficient (Wildman–Crippen LogP) is 3.86. The van der Waals surface area contributed by atoms with Gasteiger partial charge in [-0.1, -0.05) is 18.2 Å². The van der Waals surface area contributed by atoms with E-state index in [0.29, 0.717) is 5.56 Å². The zero-order chi connectivity index (χ0) is 21.3. The van der Waals surface area contributed by atoms with E-state index in [1.54, 1.807) is 0 Å². The van der Waals surface area contributed by atoms with Gasteiger partial charge in [-0.2, -0.15) is 13.2 Å². The molecule has 2 aromatic carbocycles. The van der Waals surface area contributed by atoms with E-state index >= 15 is 0 Å². The van der Waals surface area contributed by atoms with Crippen LogP contribution in [0.3, 0.4) is 0 Å². The third kappa shape index (κ3) is 4.23. The van der Waals surface area contributed by atoms with Crippen molar-refractivity contribution in [2.75, 3.05) is 23.8 Å². The van der Waals surface area contributed by atoms with Crippen LogP contribution in [0.4, 0.5) is 28.9 Å². The van der Waals surface area contributed by atoms with Crippen molar-refractivity contribution in [3.63, 3.8) is 0 Å². The van der Waals surface area contributed by atoms with Gasteiger partial charge in [0.25, 0.3) is 5.91 Å². The smallest absolute Gasteiger partial charge is 0.417 e. The monoisotopic (exact) mass is 408 g/mol. The van der Waals surface area contributed by atoms with E-state index in [9.17, 15) is 27.2 Å². The second-order valence-electron chi connectivity index (χ2n) is 6.50. The zero-order valence-corrected chi connectivity index (χ0v) is 15.2. The Labute approximate surface area is 163 Å². The zero-order valence-electron chi connectivity index (χ0n) is 15.2. The average molecular weight is 408 g/mol. The fraction of sp³-hybridized carbons (Fsp3) is 0.200. The van der Waals surface area contributed by atoms with Gasteiger partial charge < -0.3 is 15.3 Å². The van der Waals surface area contributed by atoms with Crippen molar-refractivity contribution in [1.29, 1.82) is 0 Å². The maximum Gasteiger partial charge on any atom is 0.417 e. The van der Waals surface area contributed by atoms with Crippen LogP contribution in [0.2, 0.25) is 0 Å². The van der Waals surface area contributed by atoms with Crippen molar-refractivity contribution in [1.82, 2.24) is 0 Å². The average Bonchev–Trinajstić information content (AvgIpc) is 2.64. The number of nitrogens with one attached hydrogen (secondary N) is 1. The molecule has 0 aliphatic carbocycles. The molecular weight excluding hydrogens is 392 g/mol. The molecule has 0 radical (unpaired) electrons. The summed E-state index contributed by atoms with van der Waals surface area (Å²) in [7, 11) is 1.27. The van der Waals surface area contributed by atoms with E-state index in [-0.39, 0.29) is 23.4 Å². The highest BCUT2D eigenvalue weighted by Gasteiger charge is 2.42. The van der Waals surface area contributed by atoms with Crippen molar-refractivity contribution in [3.05, 3.63) is 65.0 Å². The van der Waals surface area contributed by atoms with Crippen molar-refractivity contribution in [3.8, 4) is 0 Å². The predicted molar refractivity (Wildman–Crippen MR) is 99.1 cm³/mol. The van der Waals surface area contributed by atoms with Gasteiger partial charge in [-0.3, -0.25) is 9.59 Å². The number of hydrogen-bond acceptors (Lipinski definition) is 3. The lowest BCUT2D eigenvalue weighted by atomic mass is 9.91. The number of nitrogens with zero attached hydrogens (tertiary/aromatic N) is 1. The number of carboxylic acids is 1. The molecule has 1 aliphatic heterocycles. The minimum atomic E-state index is -4.82. The second kappa shape index (κ2) is 7.57. The Hall–Kier alpha value is -3.36. The van der Waals surface area contributed by atoms with Crippen LogP contribution in [-0.4, -0.2) is 36.8 Å².